The number of aliphatic hydroxyl groups excluding tert-OH is 1. The number of aliphatic imine (C=N–C) groups is 1. The lowest BCUT2D eigenvalue weighted by Crippen LogP contribution is -2.35. The summed E-state index contributed by atoms with van der Waals surface area (Å²) in [5, 5.41) is 14.4. The van der Waals surface area contributed by atoms with E-state index in [-0.39, 0.29) is 29.2 Å². The van der Waals surface area contributed by atoms with Crippen LogP contribution in [-0.2, 0) is 0 Å². The summed E-state index contributed by atoms with van der Waals surface area (Å²) in [4.78, 5) is 23.0. The number of hydrogen-bond donors (Lipinski definition) is 3. The van der Waals surface area contributed by atoms with Crippen LogP contribution in [0.15, 0.2) is 65.9 Å². The van der Waals surface area contributed by atoms with E-state index in [2.05, 4.69) is 62.8 Å². The Kier molecular flexibility index (Phi) is 13.2. The van der Waals surface area contributed by atoms with Gasteiger partial charge in [-0.25, -0.2) is 15.0 Å². The van der Waals surface area contributed by atoms with Gasteiger partial charge in [0.15, 0.2) is 22.5 Å². The number of benzene rings is 2. The molecule has 5 rings (SSSR count). The Labute approximate surface area is 290 Å². The van der Waals surface area contributed by atoms with Crippen molar-refractivity contribution in [1.82, 2.24) is 24.8 Å². The molecule has 1 aliphatic carbocycles. The van der Waals surface area contributed by atoms with Crippen molar-refractivity contribution < 1.29 is 14.6 Å². The van der Waals surface area contributed by atoms with Crippen LogP contribution in [0.4, 0.5) is 17.7 Å². The number of ether oxygens (including phenoxy) is 2. The average Bonchev–Trinajstić information content (AvgIpc) is 3.03. The standard InChI is InChI=1S/C17H20Cl2N4O.C16H19ClN4O2/c1-11(2)23(12(3)4)10-21-17-20-9-15(16(19)22-17)24-14-7-5-13(18)6-8-14;17-10-1-7-13(8-2-10)23-14-9-19-16(18)21-15(14)20-11-3-5-12(22)6-4-11/h5-12H,1-4H3;1-2,7-9,11-12,22H,3-6H2,(H3,18,19,20,21). The van der Waals surface area contributed by atoms with Gasteiger partial charge in [-0.05, 0) is 102 Å². The van der Waals surface area contributed by atoms with Gasteiger partial charge in [-0.15, -0.1) is 0 Å². The first kappa shape index (κ1) is 35.9. The van der Waals surface area contributed by atoms with Gasteiger partial charge in [0.05, 0.1) is 24.8 Å². The SMILES string of the molecule is CC(C)N(C=Nc1ncc(Oc2ccc(Cl)cc2)c(Cl)n1)C(C)C.Nc1ncc(Oc2ccc(Cl)cc2)c(NC2CCC(O)CC2)n1. The average molecular weight is 702 g/mol. The molecule has 1 aliphatic rings. The normalized spacial score (nSPS) is 16.1. The van der Waals surface area contributed by atoms with Gasteiger partial charge < -0.3 is 30.5 Å². The molecule has 4 N–H and O–H groups in total. The van der Waals surface area contributed by atoms with Crippen LogP contribution in [0.25, 0.3) is 0 Å². The first-order valence-electron chi connectivity index (χ1n) is 15.2. The van der Waals surface area contributed by atoms with E-state index in [0.29, 0.717) is 50.9 Å². The Morgan fingerprint density at radius 3 is 1.89 bits per heavy atom. The highest BCUT2D eigenvalue weighted by Gasteiger charge is 2.21. The molecule has 0 aliphatic heterocycles. The van der Waals surface area contributed by atoms with Crippen LogP contribution >= 0.6 is 34.8 Å². The minimum absolute atomic E-state index is 0.187. The molecule has 14 heteroatoms. The molecule has 47 heavy (non-hydrogen) atoms. The number of nitrogens with zero attached hydrogens (tertiary/aromatic N) is 6. The molecule has 2 aromatic carbocycles. The van der Waals surface area contributed by atoms with Gasteiger partial charge in [-0.3, -0.25) is 0 Å². The third-order valence-corrected chi connectivity index (χ3v) is 7.87. The molecular formula is C33H39Cl3N8O3. The van der Waals surface area contributed by atoms with Crippen molar-refractivity contribution in [2.24, 2.45) is 4.99 Å². The van der Waals surface area contributed by atoms with Gasteiger partial charge in [-0.2, -0.15) is 9.97 Å². The first-order chi connectivity index (χ1) is 22.5. The van der Waals surface area contributed by atoms with Crippen molar-refractivity contribution in [2.75, 3.05) is 11.1 Å². The fourth-order valence-electron chi connectivity index (χ4n) is 4.69. The predicted molar refractivity (Wildman–Crippen MR) is 189 cm³/mol. The molecule has 0 saturated heterocycles. The second kappa shape index (κ2) is 17.3. The lowest BCUT2D eigenvalue weighted by molar-refractivity contribution is 0.126. The Morgan fingerprint density at radius 1 is 0.830 bits per heavy atom. The van der Waals surface area contributed by atoms with Crippen molar-refractivity contribution in [3.05, 3.63) is 76.1 Å². The van der Waals surface area contributed by atoms with Crippen LogP contribution in [0.1, 0.15) is 53.4 Å². The summed E-state index contributed by atoms with van der Waals surface area (Å²) in [5.74, 6) is 3.15. The van der Waals surface area contributed by atoms with E-state index < -0.39 is 0 Å². The minimum atomic E-state index is -0.201. The van der Waals surface area contributed by atoms with Crippen molar-refractivity contribution in [3.63, 3.8) is 0 Å². The van der Waals surface area contributed by atoms with Crippen molar-refractivity contribution in [2.45, 2.75) is 77.6 Å². The summed E-state index contributed by atoms with van der Waals surface area (Å²) < 4.78 is 11.5. The van der Waals surface area contributed by atoms with Crippen molar-refractivity contribution in [3.8, 4) is 23.0 Å². The number of halogens is 3. The fourth-order valence-corrected chi connectivity index (χ4v) is 5.10. The van der Waals surface area contributed by atoms with E-state index in [1.807, 2.05) is 0 Å². The van der Waals surface area contributed by atoms with Crippen LogP contribution in [0.2, 0.25) is 15.2 Å². The van der Waals surface area contributed by atoms with Gasteiger partial charge in [0.25, 0.3) is 5.95 Å². The summed E-state index contributed by atoms with van der Waals surface area (Å²) in [6.07, 6.45) is 7.92. The maximum Gasteiger partial charge on any atom is 0.252 e. The number of hydrogen-bond acceptors (Lipinski definition) is 10. The van der Waals surface area contributed by atoms with E-state index in [0.717, 1.165) is 25.7 Å². The summed E-state index contributed by atoms with van der Waals surface area (Å²) in [7, 11) is 0. The molecule has 2 aromatic heterocycles. The molecule has 4 aromatic rings. The van der Waals surface area contributed by atoms with E-state index in [1.54, 1.807) is 61.1 Å². The minimum Gasteiger partial charge on any atom is -0.452 e. The van der Waals surface area contributed by atoms with E-state index >= 15 is 0 Å². The largest absolute Gasteiger partial charge is 0.452 e. The van der Waals surface area contributed by atoms with Crippen LogP contribution in [0, 0.1) is 0 Å². The zero-order valence-electron chi connectivity index (χ0n) is 26.6. The van der Waals surface area contributed by atoms with Crippen LogP contribution < -0.4 is 20.5 Å². The maximum absolute atomic E-state index is 9.60. The van der Waals surface area contributed by atoms with E-state index in [1.165, 1.54) is 6.20 Å². The molecule has 0 unspecified atom stereocenters. The number of anilines is 2. The Morgan fingerprint density at radius 2 is 1.36 bits per heavy atom. The molecule has 0 spiro atoms. The van der Waals surface area contributed by atoms with Crippen molar-refractivity contribution in [1.29, 1.82) is 0 Å². The van der Waals surface area contributed by atoms with E-state index in [4.69, 9.17) is 50.0 Å². The van der Waals surface area contributed by atoms with Crippen LogP contribution in [-0.4, -0.2) is 60.5 Å². The van der Waals surface area contributed by atoms with Gasteiger partial charge >= 0.3 is 0 Å². The Balaban J connectivity index is 0.000000213. The molecule has 0 bridgehead atoms. The number of nitrogens with one attached hydrogen (secondary N) is 1. The molecule has 250 valence electrons. The molecular weight excluding hydrogens is 663 g/mol. The molecule has 0 amide bonds. The Bertz CT molecular complexity index is 1590. The Hall–Kier alpha value is -3.90. The fraction of sp³-hybridized carbons (Fsp3) is 0.364. The molecule has 0 radical (unpaired) electrons. The quantitative estimate of drug-likeness (QED) is 0.0835. The summed E-state index contributed by atoms with van der Waals surface area (Å²) >= 11 is 17.9. The molecule has 1 fully saturated rings. The summed E-state index contributed by atoms with van der Waals surface area (Å²) in [6.45, 7) is 8.40. The lowest BCUT2D eigenvalue weighted by atomic mass is 9.93. The third kappa shape index (κ3) is 11.4. The highest BCUT2D eigenvalue weighted by molar-refractivity contribution is 6.31. The second-order valence-electron chi connectivity index (χ2n) is 11.4. The number of aliphatic hydroxyl groups is 1. The number of rotatable bonds is 10. The maximum atomic E-state index is 9.60. The van der Waals surface area contributed by atoms with Crippen LogP contribution in [0.3, 0.4) is 0 Å². The molecule has 0 atom stereocenters. The third-order valence-electron chi connectivity index (χ3n) is 7.09. The highest BCUT2D eigenvalue weighted by atomic mass is 35.5. The topological polar surface area (TPSA) is 144 Å². The van der Waals surface area contributed by atoms with Crippen molar-refractivity contribution >= 4 is 58.9 Å². The molecule has 1 saturated carbocycles. The zero-order valence-corrected chi connectivity index (χ0v) is 28.9. The molecule has 11 nitrogen and oxygen atoms in total. The van der Waals surface area contributed by atoms with Gasteiger partial charge in [-0.1, -0.05) is 34.8 Å². The highest BCUT2D eigenvalue weighted by Crippen LogP contribution is 2.32. The van der Waals surface area contributed by atoms with Gasteiger partial charge in [0, 0.05) is 28.2 Å². The smallest absolute Gasteiger partial charge is 0.252 e. The second-order valence-corrected chi connectivity index (χ2v) is 12.6. The predicted octanol–water partition coefficient (Wildman–Crippen LogP) is 8.57. The van der Waals surface area contributed by atoms with Crippen LogP contribution in [0.5, 0.6) is 23.0 Å². The first-order valence-corrected chi connectivity index (χ1v) is 16.4. The number of nitrogen functional groups attached to an aromatic ring is 1. The summed E-state index contributed by atoms with van der Waals surface area (Å²) in [5.41, 5.74) is 5.69. The van der Waals surface area contributed by atoms with Gasteiger partial charge in [0.2, 0.25) is 5.95 Å². The van der Waals surface area contributed by atoms with Gasteiger partial charge in [0.1, 0.15) is 11.5 Å². The molecule has 2 heterocycles. The lowest BCUT2D eigenvalue weighted by Gasteiger charge is -2.27. The summed E-state index contributed by atoms with van der Waals surface area (Å²) in [6, 6.07) is 14.9. The van der Waals surface area contributed by atoms with E-state index in [9.17, 15) is 5.11 Å². The number of aromatic nitrogens is 4. The zero-order chi connectivity index (χ0) is 33.9. The monoisotopic (exact) mass is 700 g/mol. The number of nitrogens with two attached hydrogens (primary N) is 1.